The lowest BCUT2D eigenvalue weighted by molar-refractivity contribution is 0.0912. The van der Waals surface area contributed by atoms with Gasteiger partial charge in [-0.05, 0) is 29.8 Å². The van der Waals surface area contributed by atoms with Gasteiger partial charge in [-0.2, -0.15) is 0 Å². The lowest BCUT2D eigenvalue weighted by atomic mass is 10.1. The maximum atomic E-state index is 12.2. The van der Waals surface area contributed by atoms with Crippen LogP contribution in [0.3, 0.4) is 0 Å². The van der Waals surface area contributed by atoms with Crippen LogP contribution in [-0.2, 0) is 0 Å². The van der Waals surface area contributed by atoms with Gasteiger partial charge in [-0.1, -0.05) is 12.1 Å². The number of benzene rings is 1. The van der Waals surface area contributed by atoms with Gasteiger partial charge in [0.25, 0.3) is 5.91 Å². The lowest BCUT2D eigenvalue weighted by Gasteiger charge is -2.12. The molecule has 3 rings (SSSR count). The molecule has 1 unspecified atom stereocenters. The molecule has 0 saturated carbocycles. The van der Waals surface area contributed by atoms with E-state index in [0.717, 1.165) is 0 Å². The lowest BCUT2D eigenvalue weighted by Crippen LogP contribution is -2.28. The maximum absolute atomic E-state index is 12.2. The summed E-state index contributed by atoms with van der Waals surface area (Å²) in [5.74, 6) is 0.932. The number of thiazole rings is 1. The van der Waals surface area contributed by atoms with Crippen LogP contribution in [0.1, 0.15) is 22.2 Å². The van der Waals surface area contributed by atoms with E-state index < -0.39 is 6.10 Å². The highest BCUT2D eigenvalue weighted by Gasteiger charge is 2.15. The Morgan fingerprint density at radius 3 is 3.04 bits per heavy atom. The van der Waals surface area contributed by atoms with Gasteiger partial charge < -0.3 is 19.6 Å². The SMILES string of the molecule is COc1cccc(C(O)CNC(=O)c2csc(-c3ccco3)n2)c1. The van der Waals surface area contributed by atoms with E-state index in [2.05, 4.69) is 10.3 Å². The molecule has 0 aliphatic rings. The van der Waals surface area contributed by atoms with Gasteiger partial charge in [-0.3, -0.25) is 4.79 Å². The monoisotopic (exact) mass is 344 g/mol. The van der Waals surface area contributed by atoms with Crippen molar-refractivity contribution in [3.63, 3.8) is 0 Å². The number of amides is 1. The highest BCUT2D eigenvalue weighted by atomic mass is 32.1. The molecule has 0 spiro atoms. The summed E-state index contributed by atoms with van der Waals surface area (Å²) in [5, 5.41) is 15.2. The van der Waals surface area contributed by atoms with E-state index in [1.165, 1.54) is 11.3 Å². The molecule has 0 fully saturated rings. The standard InChI is InChI=1S/C17H16N2O4S/c1-22-12-5-2-4-11(8-12)14(20)9-18-16(21)13-10-24-17(19-13)15-6-3-7-23-15/h2-8,10,14,20H,9H2,1H3,(H,18,21). The van der Waals surface area contributed by atoms with Crippen LogP contribution in [0, 0.1) is 0 Å². The third-order valence-corrected chi connectivity index (χ3v) is 4.26. The van der Waals surface area contributed by atoms with Crippen molar-refractivity contribution in [2.75, 3.05) is 13.7 Å². The summed E-state index contributed by atoms with van der Waals surface area (Å²) in [7, 11) is 1.56. The molecule has 0 bridgehead atoms. The Bertz CT molecular complexity index is 814. The van der Waals surface area contributed by atoms with Gasteiger partial charge in [0.05, 0.1) is 19.5 Å². The first-order chi connectivity index (χ1) is 11.7. The largest absolute Gasteiger partial charge is 0.497 e. The van der Waals surface area contributed by atoms with Crippen molar-refractivity contribution in [1.82, 2.24) is 10.3 Å². The van der Waals surface area contributed by atoms with Crippen LogP contribution in [0.2, 0.25) is 0 Å². The first kappa shape index (κ1) is 16.2. The number of aliphatic hydroxyl groups is 1. The Morgan fingerprint density at radius 2 is 2.29 bits per heavy atom. The summed E-state index contributed by atoms with van der Waals surface area (Å²) >= 11 is 1.33. The number of hydrogen-bond donors (Lipinski definition) is 2. The molecule has 2 N–H and O–H groups in total. The molecule has 0 aliphatic heterocycles. The molecule has 0 radical (unpaired) electrons. The number of rotatable bonds is 6. The topological polar surface area (TPSA) is 84.6 Å². The van der Waals surface area contributed by atoms with Crippen molar-refractivity contribution >= 4 is 17.2 Å². The summed E-state index contributed by atoms with van der Waals surface area (Å²) < 4.78 is 10.4. The third-order valence-electron chi connectivity index (χ3n) is 3.40. The number of furan rings is 1. The number of aromatic nitrogens is 1. The van der Waals surface area contributed by atoms with Gasteiger partial charge in [-0.15, -0.1) is 11.3 Å². The normalized spacial score (nSPS) is 11.9. The van der Waals surface area contributed by atoms with Crippen LogP contribution in [0.15, 0.2) is 52.5 Å². The first-order valence-corrected chi connectivity index (χ1v) is 8.15. The van der Waals surface area contributed by atoms with Crippen molar-refractivity contribution in [3.05, 3.63) is 59.3 Å². The molecule has 24 heavy (non-hydrogen) atoms. The molecule has 2 aromatic heterocycles. The molecule has 1 aromatic carbocycles. The molecule has 7 heteroatoms. The minimum absolute atomic E-state index is 0.0829. The van der Waals surface area contributed by atoms with Gasteiger partial charge >= 0.3 is 0 Å². The van der Waals surface area contributed by atoms with Crippen LogP contribution in [0.5, 0.6) is 5.75 Å². The predicted octanol–water partition coefficient (Wildman–Crippen LogP) is 2.88. The van der Waals surface area contributed by atoms with Gasteiger partial charge in [-0.25, -0.2) is 4.98 Å². The number of nitrogens with zero attached hydrogens (tertiary/aromatic N) is 1. The first-order valence-electron chi connectivity index (χ1n) is 7.27. The number of aliphatic hydroxyl groups excluding tert-OH is 1. The minimum Gasteiger partial charge on any atom is -0.497 e. The Labute approximate surface area is 142 Å². The molecule has 2 heterocycles. The minimum atomic E-state index is -0.827. The second-order valence-electron chi connectivity index (χ2n) is 5.02. The number of carbonyl (C=O) groups is 1. The zero-order chi connectivity index (χ0) is 16.9. The summed E-state index contributed by atoms with van der Waals surface area (Å²) in [6.45, 7) is 0.0829. The fraction of sp³-hybridized carbons (Fsp3) is 0.176. The van der Waals surface area contributed by atoms with Crippen LogP contribution in [-0.4, -0.2) is 29.7 Å². The summed E-state index contributed by atoms with van der Waals surface area (Å²) in [6.07, 6.45) is 0.730. The molecule has 0 aliphatic carbocycles. The van der Waals surface area contributed by atoms with E-state index in [-0.39, 0.29) is 12.5 Å². The summed E-state index contributed by atoms with van der Waals surface area (Å²) in [5.41, 5.74) is 0.966. The van der Waals surface area contributed by atoms with E-state index in [4.69, 9.17) is 9.15 Å². The average Bonchev–Trinajstić information content (AvgIpc) is 3.30. The van der Waals surface area contributed by atoms with Gasteiger partial charge in [0, 0.05) is 11.9 Å². The van der Waals surface area contributed by atoms with Crippen molar-refractivity contribution in [2.24, 2.45) is 0 Å². The van der Waals surface area contributed by atoms with Crippen molar-refractivity contribution in [3.8, 4) is 16.5 Å². The fourth-order valence-corrected chi connectivity index (χ4v) is 2.90. The second kappa shape index (κ2) is 7.29. The van der Waals surface area contributed by atoms with Gasteiger partial charge in [0.15, 0.2) is 10.8 Å². The fourth-order valence-electron chi connectivity index (χ4n) is 2.14. The number of hydrogen-bond acceptors (Lipinski definition) is 6. The summed E-state index contributed by atoms with van der Waals surface area (Å²) in [6, 6.07) is 10.6. The maximum Gasteiger partial charge on any atom is 0.270 e. The smallest absolute Gasteiger partial charge is 0.270 e. The van der Waals surface area contributed by atoms with E-state index in [1.807, 2.05) is 0 Å². The Kier molecular flexibility index (Phi) is 4.93. The molecular weight excluding hydrogens is 328 g/mol. The molecule has 1 atom stereocenters. The van der Waals surface area contributed by atoms with E-state index in [9.17, 15) is 9.90 Å². The number of ether oxygens (including phenoxy) is 1. The van der Waals surface area contributed by atoms with Gasteiger partial charge in [0.2, 0.25) is 0 Å². The Hall–Kier alpha value is -2.64. The number of carbonyl (C=O) groups excluding carboxylic acids is 1. The molecule has 0 saturated heterocycles. The Balaban J connectivity index is 1.61. The highest BCUT2D eigenvalue weighted by molar-refractivity contribution is 7.13. The average molecular weight is 344 g/mol. The quantitative estimate of drug-likeness (QED) is 0.718. The van der Waals surface area contributed by atoms with Crippen LogP contribution < -0.4 is 10.1 Å². The zero-order valence-corrected chi connectivity index (χ0v) is 13.7. The second-order valence-corrected chi connectivity index (χ2v) is 5.88. The van der Waals surface area contributed by atoms with E-state index in [1.54, 1.807) is 55.2 Å². The van der Waals surface area contributed by atoms with Crippen LogP contribution in [0.4, 0.5) is 0 Å². The molecule has 6 nitrogen and oxygen atoms in total. The van der Waals surface area contributed by atoms with Crippen LogP contribution >= 0.6 is 11.3 Å². The molecule has 3 aromatic rings. The number of nitrogens with one attached hydrogen (secondary N) is 1. The summed E-state index contributed by atoms with van der Waals surface area (Å²) in [4.78, 5) is 16.4. The number of methoxy groups -OCH3 is 1. The van der Waals surface area contributed by atoms with Crippen LogP contribution in [0.25, 0.3) is 10.8 Å². The molecule has 1 amide bonds. The van der Waals surface area contributed by atoms with E-state index >= 15 is 0 Å². The predicted molar refractivity (Wildman–Crippen MR) is 90.1 cm³/mol. The third kappa shape index (κ3) is 3.64. The van der Waals surface area contributed by atoms with Crippen molar-refractivity contribution in [2.45, 2.75) is 6.10 Å². The molecule has 124 valence electrons. The zero-order valence-electron chi connectivity index (χ0n) is 12.9. The van der Waals surface area contributed by atoms with Gasteiger partial charge in [0.1, 0.15) is 11.4 Å². The van der Waals surface area contributed by atoms with Crippen molar-refractivity contribution in [1.29, 1.82) is 0 Å². The van der Waals surface area contributed by atoms with E-state index in [0.29, 0.717) is 27.8 Å². The van der Waals surface area contributed by atoms with Crippen molar-refractivity contribution < 1.29 is 19.1 Å². The molecular formula is C17H16N2O4S. The highest BCUT2D eigenvalue weighted by Crippen LogP contribution is 2.24. The Morgan fingerprint density at radius 1 is 1.42 bits per heavy atom.